The van der Waals surface area contributed by atoms with Crippen molar-refractivity contribution >= 4 is 63.9 Å². The number of nitrogens with zero attached hydrogens (tertiary/aromatic N) is 1. The molecule has 3 amide bonds. The van der Waals surface area contributed by atoms with Gasteiger partial charge >= 0.3 is 0 Å². The molecular formula is C25H29N5O3S3. The van der Waals surface area contributed by atoms with Gasteiger partial charge in [0, 0.05) is 16.8 Å². The Morgan fingerprint density at radius 3 is 2.39 bits per heavy atom. The van der Waals surface area contributed by atoms with Gasteiger partial charge in [0.05, 0.1) is 0 Å². The van der Waals surface area contributed by atoms with E-state index >= 15 is 0 Å². The van der Waals surface area contributed by atoms with Crippen molar-refractivity contribution in [3.8, 4) is 0 Å². The number of benzene rings is 2. The number of nitrogens with one attached hydrogen (secondary N) is 4. The van der Waals surface area contributed by atoms with Gasteiger partial charge in [-0.25, -0.2) is 0 Å². The number of anilines is 2. The summed E-state index contributed by atoms with van der Waals surface area (Å²) in [5.74, 6) is -0.389. The number of hydrogen-bond donors (Lipinski definition) is 4. The minimum atomic E-state index is -0.762. The summed E-state index contributed by atoms with van der Waals surface area (Å²) in [7, 11) is 0. The molecule has 0 aliphatic heterocycles. The molecule has 36 heavy (non-hydrogen) atoms. The van der Waals surface area contributed by atoms with Crippen molar-refractivity contribution in [3.63, 3.8) is 0 Å². The third kappa shape index (κ3) is 7.74. The van der Waals surface area contributed by atoms with E-state index in [-0.39, 0.29) is 17.2 Å². The van der Waals surface area contributed by atoms with Crippen molar-refractivity contribution in [1.82, 2.24) is 15.5 Å². The van der Waals surface area contributed by atoms with Crippen molar-refractivity contribution in [2.45, 2.75) is 38.6 Å². The Morgan fingerprint density at radius 1 is 1.06 bits per heavy atom. The third-order valence-electron chi connectivity index (χ3n) is 5.30. The first-order valence-corrected chi connectivity index (χ1v) is 13.9. The standard InChI is InChI=1S/C25H29N5O3S3/c1-25(2,3)17-10-8-15(9-11-17)20(31)26-18-7-5-6-16(14-18)21(32)27-19(12-13-35-4)22(33)28-23-29-30-24(34)36-23/h5-11,14,19H,12-13H2,1-4H3,(H,26,31)(H,27,32)(H,30,34)(H,28,29,33)/t19-/m0/s1. The van der Waals surface area contributed by atoms with E-state index in [2.05, 4.69) is 46.9 Å². The van der Waals surface area contributed by atoms with Gasteiger partial charge in [0.15, 0.2) is 3.95 Å². The van der Waals surface area contributed by atoms with Gasteiger partial charge in [0.2, 0.25) is 11.0 Å². The van der Waals surface area contributed by atoms with E-state index in [0.29, 0.717) is 38.1 Å². The predicted octanol–water partition coefficient (Wildman–Crippen LogP) is 5.24. The molecule has 0 fully saturated rings. The summed E-state index contributed by atoms with van der Waals surface area (Å²) in [6.45, 7) is 6.34. The van der Waals surface area contributed by atoms with Gasteiger partial charge < -0.3 is 10.6 Å². The molecule has 3 rings (SSSR count). The average molecular weight is 544 g/mol. The van der Waals surface area contributed by atoms with Crippen LogP contribution in [0.1, 0.15) is 53.5 Å². The van der Waals surface area contributed by atoms with Crippen LogP contribution in [0.5, 0.6) is 0 Å². The van der Waals surface area contributed by atoms with Gasteiger partial charge in [0.1, 0.15) is 6.04 Å². The summed E-state index contributed by atoms with van der Waals surface area (Å²) >= 11 is 7.71. The van der Waals surface area contributed by atoms with Crippen LogP contribution in [-0.4, -0.2) is 46.0 Å². The van der Waals surface area contributed by atoms with Gasteiger partial charge in [-0.15, -0.1) is 5.10 Å². The zero-order valence-electron chi connectivity index (χ0n) is 20.5. The first kappa shape index (κ1) is 27.6. The summed E-state index contributed by atoms with van der Waals surface area (Å²) < 4.78 is 0.444. The molecule has 1 aromatic heterocycles. The van der Waals surface area contributed by atoms with Crippen molar-refractivity contribution in [3.05, 3.63) is 69.2 Å². The topological polar surface area (TPSA) is 116 Å². The van der Waals surface area contributed by atoms with E-state index in [1.165, 1.54) is 0 Å². The number of rotatable bonds is 9. The molecule has 0 spiro atoms. The van der Waals surface area contributed by atoms with Crippen molar-refractivity contribution in [1.29, 1.82) is 0 Å². The predicted molar refractivity (Wildman–Crippen MR) is 150 cm³/mol. The van der Waals surface area contributed by atoms with Crippen LogP contribution in [-0.2, 0) is 10.2 Å². The van der Waals surface area contributed by atoms with E-state index in [1.54, 1.807) is 48.2 Å². The normalized spacial score (nSPS) is 12.0. The van der Waals surface area contributed by atoms with E-state index in [0.717, 1.165) is 16.9 Å². The number of aromatic amines is 1. The van der Waals surface area contributed by atoms with Crippen LogP contribution in [0.2, 0.25) is 0 Å². The van der Waals surface area contributed by atoms with Crippen LogP contribution in [0.4, 0.5) is 10.8 Å². The molecule has 0 unspecified atom stereocenters. The number of amides is 3. The molecule has 1 heterocycles. The van der Waals surface area contributed by atoms with Crippen molar-refractivity contribution in [2.24, 2.45) is 0 Å². The number of thioether (sulfide) groups is 1. The Balaban J connectivity index is 1.68. The molecule has 0 radical (unpaired) electrons. The molecule has 1 atom stereocenters. The highest BCUT2D eigenvalue weighted by molar-refractivity contribution is 7.98. The molecule has 190 valence electrons. The van der Waals surface area contributed by atoms with Crippen LogP contribution in [0.15, 0.2) is 48.5 Å². The van der Waals surface area contributed by atoms with E-state index in [1.807, 2.05) is 18.4 Å². The summed E-state index contributed by atoms with van der Waals surface area (Å²) in [6, 6.07) is 13.3. The molecule has 8 nitrogen and oxygen atoms in total. The van der Waals surface area contributed by atoms with Gasteiger partial charge in [-0.2, -0.15) is 11.8 Å². The fourth-order valence-corrected chi connectivity index (χ4v) is 4.55. The second-order valence-electron chi connectivity index (χ2n) is 9.08. The van der Waals surface area contributed by atoms with Gasteiger partial charge in [-0.1, -0.05) is 50.3 Å². The molecule has 2 aromatic carbocycles. The maximum absolute atomic E-state index is 13.0. The van der Waals surface area contributed by atoms with E-state index in [4.69, 9.17) is 12.2 Å². The second-order valence-corrected chi connectivity index (χ2v) is 11.7. The lowest BCUT2D eigenvalue weighted by molar-refractivity contribution is -0.118. The molecule has 0 aliphatic carbocycles. The summed E-state index contributed by atoms with van der Waals surface area (Å²) in [5, 5.41) is 15.2. The number of H-pyrrole nitrogens is 1. The largest absolute Gasteiger partial charge is 0.340 e. The van der Waals surface area contributed by atoms with Gasteiger partial charge in [-0.3, -0.25) is 24.8 Å². The molecular weight excluding hydrogens is 515 g/mol. The highest BCUT2D eigenvalue weighted by Gasteiger charge is 2.22. The minimum absolute atomic E-state index is 0.00566. The summed E-state index contributed by atoms with van der Waals surface area (Å²) in [4.78, 5) is 38.5. The molecule has 0 bridgehead atoms. The minimum Gasteiger partial charge on any atom is -0.340 e. The zero-order valence-corrected chi connectivity index (χ0v) is 23.0. The van der Waals surface area contributed by atoms with Crippen LogP contribution < -0.4 is 16.0 Å². The molecule has 11 heteroatoms. The van der Waals surface area contributed by atoms with Crippen LogP contribution in [0.3, 0.4) is 0 Å². The first-order valence-electron chi connectivity index (χ1n) is 11.2. The Bertz CT molecular complexity index is 1280. The molecule has 4 N–H and O–H groups in total. The third-order valence-corrected chi connectivity index (χ3v) is 6.95. The first-order chi connectivity index (χ1) is 17.1. The number of hydrogen-bond acceptors (Lipinski definition) is 7. The lowest BCUT2D eigenvalue weighted by Crippen LogP contribution is -2.44. The van der Waals surface area contributed by atoms with Crippen LogP contribution in [0, 0.1) is 3.95 Å². The smallest absolute Gasteiger partial charge is 0.255 e. The Kier molecular flexibility index (Phi) is 9.41. The zero-order chi connectivity index (χ0) is 26.3. The summed E-state index contributed by atoms with van der Waals surface area (Å²) in [5.41, 5.74) is 2.46. The Labute approximate surface area is 223 Å². The highest BCUT2D eigenvalue weighted by Crippen LogP contribution is 2.22. The molecule has 3 aromatic rings. The monoisotopic (exact) mass is 543 g/mol. The Morgan fingerprint density at radius 2 is 1.78 bits per heavy atom. The SMILES string of the molecule is CSCC[C@H](NC(=O)c1cccc(NC(=O)c2ccc(C(C)(C)C)cc2)c1)C(=O)Nc1n[nH]c(=S)s1. The average Bonchev–Trinajstić information content (AvgIpc) is 3.25. The van der Waals surface area contributed by atoms with Crippen LogP contribution >= 0.6 is 35.3 Å². The van der Waals surface area contributed by atoms with Gasteiger partial charge in [-0.05, 0) is 72.0 Å². The molecule has 0 aliphatic rings. The molecule has 0 saturated carbocycles. The maximum atomic E-state index is 13.0. The fraction of sp³-hybridized carbons (Fsp3) is 0.320. The lowest BCUT2D eigenvalue weighted by atomic mass is 9.87. The van der Waals surface area contributed by atoms with E-state index in [9.17, 15) is 14.4 Å². The number of carbonyl (C=O) groups is 3. The van der Waals surface area contributed by atoms with Gasteiger partial charge in [0.25, 0.3) is 11.8 Å². The van der Waals surface area contributed by atoms with Crippen molar-refractivity contribution in [2.75, 3.05) is 22.6 Å². The number of carbonyl (C=O) groups excluding carboxylic acids is 3. The lowest BCUT2D eigenvalue weighted by Gasteiger charge is -2.19. The van der Waals surface area contributed by atoms with E-state index < -0.39 is 11.9 Å². The summed E-state index contributed by atoms with van der Waals surface area (Å²) in [6.07, 6.45) is 2.37. The molecule has 0 saturated heterocycles. The Hall–Kier alpha value is -3.02. The van der Waals surface area contributed by atoms with Crippen molar-refractivity contribution < 1.29 is 14.4 Å². The number of aromatic nitrogens is 2. The highest BCUT2D eigenvalue weighted by atomic mass is 32.2. The second kappa shape index (κ2) is 12.3. The fourth-order valence-electron chi connectivity index (χ4n) is 3.28. The van der Waals surface area contributed by atoms with Crippen LogP contribution in [0.25, 0.3) is 0 Å². The maximum Gasteiger partial charge on any atom is 0.255 e. The quantitative estimate of drug-likeness (QED) is 0.274.